The highest BCUT2D eigenvalue weighted by molar-refractivity contribution is 5.69. The Morgan fingerprint density at radius 1 is 1.19 bits per heavy atom. The van der Waals surface area contributed by atoms with E-state index in [9.17, 15) is 9.59 Å². The van der Waals surface area contributed by atoms with E-state index in [0.29, 0.717) is 12.5 Å². The second kappa shape index (κ2) is 8.07. The minimum atomic E-state index is -0.394. The van der Waals surface area contributed by atoms with Crippen molar-refractivity contribution in [2.45, 2.75) is 25.8 Å². The van der Waals surface area contributed by atoms with Crippen LogP contribution in [-0.2, 0) is 9.47 Å². The molecule has 0 aromatic carbocycles. The lowest BCUT2D eigenvalue weighted by Gasteiger charge is -2.37. The molecule has 122 valence electrons. The summed E-state index contributed by atoms with van der Waals surface area (Å²) in [5.41, 5.74) is 0. The summed E-state index contributed by atoms with van der Waals surface area (Å²) in [6, 6.07) is -0.118. The number of carbonyl (C=O) groups excluding carboxylic acids is 2. The predicted molar refractivity (Wildman–Crippen MR) is 79.0 cm³/mol. The first-order valence-electron chi connectivity index (χ1n) is 7.23. The lowest BCUT2D eigenvalue weighted by atomic mass is 9.93. The fourth-order valence-electron chi connectivity index (χ4n) is 2.21. The molecule has 1 aliphatic heterocycles. The molecule has 1 aliphatic rings. The van der Waals surface area contributed by atoms with Crippen LogP contribution in [0.5, 0.6) is 0 Å². The second-order valence-corrected chi connectivity index (χ2v) is 6.07. The molecule has 0 aliphatic carbocycles. The van der Waals surface area contributed by atoms with Crippen LogP contribution in [0, 0.1) is 5.92 Å². The quantitative estimate of drug-likeness (QED) is 0.735. The third kappa shape index (κ3) is 5.79. The third-order valence-corrected chi connectivity index (χ3v) is 3.42. The lowest BCUT2D eigenvalue weighted by molar-refractivity contribution is 0.0159. The zero-order valence-electron chi connectivity index (χ0n) is 13.7. The van der Waals surface area contributed by atoms with E-state index in [2.05, 4.69) is 6.92 Å². The number of hydrogen-bond donors (Lipinski definition) is 0. The highest BCUT2D eigenvalue weighted by atomic mass is 16.6. The zero-order valence-corrected chi connectivity index (χ0v) is 13.7. The molecule has 7 heteroatoms. The average molecular weight is 301 g/mol. The van der Waals surface area contributed by atoms with Gasteiger partial charge in [-0.3, -0.25) is 4.90 Å². The van der Waals surface area contributed by atoms with Gasteiger partial charge < -0.3 is 19.3 Å². The molecule has 1 rings (SSSR count). The van der Waals surface area contributed by atoms with E-state index in [1.165, 1.54) is 4.90 Å². The minimum Gasteiger partial charge on any atom is -0.447 e. The van der Waals surface area contributed by atoms with Crippen molar-refractivity contribution in [2.75, 3.05) is 48.1 Å². The van der Waals surface area contributed by atoms with E-state index in [0.717, 1.165) is 12.8 Å². The first-order chi connectivity index (χ1) is 9.81. The van der Waals surface area contributed by atoms with E-state index in [1.807, 2.05) is 14.1 Å². The van der Waals surface area contributed by atoms with E-state index in [-0.39, 0.29) is 25.5 Å². The second-order valence-electron chi connectivity index (χ2n) is 6.07. The van der Waals surface area contributed by atoms with Gasteiger partial charge >= 0.3 is 12.2 Å². The molecule has 2 atom stereocenters. The Bertz CT molecular complexity index is 360. The summed E-state index contributed by atoms with van der Waals surface area (Å²) in [4.78, 5) is 28.5. The van der Waals surface area contributed by atoms with Crippen molar-refractivity contribution in [1.29, 1.82) is 0 Å². The molecule has 0 saturated carbocycles. The molecule has 1 fully saturated rings. The van der Waals surface area contributed by atoms with Gasteiger partial charge in [-0.25, -0.2) is 9.59 Å². The number of likely N-dealkylation sites (tertiary alicyclic amines) is 1. The van der Waals surface area contributed by atoms with Crippen LogP contribution in [0.25, 0.3) is 0 Å². The van der Waals surface area contributed by atoms with Gasteiger partial charge in [-0.05, 0) is 32.9 Å². The average Bonchev–Trinajstić information content (AvgIpc) is 2.42. The normalized spacial score (nSPS) is 22.1. The fourth-order valence-corrected chi connectivity index (χ4v) is 2.21. The highest BCUT2D eigenvalue weighted by Gasteiger charge is 2.32. The summed E-state index contributed by atoms with van der Waals surface area (Å²) in [5, 5.41) is 0. The van der Waals surface area contributed by atoms with E-state index in [1.54, 1.807) is 23.9 Å². The Kier molecular flexibility index (Phi) is 6.74. The van der Waals surface area contributed by atoms with Gasteiger partial charge in [0.25, 0.3) is 0 Å². The maximum absolute atomic E-state index is 12.1. The molecule has 1 saturated heterocycles. The standard InChI is InChI=1S/C14H27N3O4/c1-11-6-7-17(14(19)21-10-15(2)3)12(8-11)9-20-13(18)16(4)5/h11-12H,6-10H2,1-5H3. The Balaban J connectivity index is 2.57. The molecule has 0 radical (unpaired) electrons. The van der Waals surface area contributed by atoms with Crippen LogP contribution < -0.4 is 0 Å². The summed E-state index contributed by atoms with van der Waals surface area (Å²) in [5.74, 6) is 0.506. The number of carbonyl (C=O) groups is 2. The molecule has 21 heavy (non-hydrogen) atoms. The van der Waals surface area contributed by atoms with Gasteiger partial charge in [-0.1, -0.05) is 6.92 Å². The van der Waals surface area contributed by atoms with Crippen LogP contribution in [0.15, 0.2) is 0 Å². The van der Waals surface area contributed by atoms with Gasteiger partial charge in [-0.2, -0.15) is 0 Å². The molecule has 0 N–H and O–H groups in total. The van der Waals surface area contributed by atoms with Crippen molar-refractivity contribution in [1.82, 2.24) is 14.7 Å². The number of hydrogen-bond acceptors (Lipinski definition) is 5. The van der Waals surface area contributed by atoms with Crippen LogP contribution in [-0.4, -0.2) is 81.0 Å². The molecule has 0 aromatic heterocycles. The van der Waals surface area contributed by atoms with Crippen molar-refractivity contribution in [2.24, 2.45) is 5.92 Å². The van der Waals surface area contributed by atoms with Gasteiger partial charge in [0.2, 0.25) is 0 Å². The number of ether oxygens (including phenoxy) is 2. The highest BCUT2D eigenvalue weighted by Crippen LogP contribution is 2.23. The SMILES string of the molecule is CC1CCN(C(=O)OCN(C)C)C(COC(=O)N(C)C)C1. The number of amides is 2. The Morgan fingerprint density at radius 3 is 2.43 bits per heavy atom. The zero-order chi connectivity index (χ0) is 16.0. The largest absolute Gasteiger partial charge is 0.447 e. The Hall–Kier alpha value is -1.50. The summed E-state index contributed by atoms with van der Waals surface area (Å²) in [6.45, 7) is 3.23. The molecule has 2 amide bonds. The fraction of sp³-hybridized carbons (Fsp3) is 0.857. The van der Waals surface area contributed by atoms with E-state index >= 15 is 0 Å². The monoisotopic (exact) mass is 301 g/mol. The van der Waals surface area contributed by atoms with E-state index < -0.39 is 6.09 Å². The van der Waals surface area contributed by atoms with Gasteiger partial charge in [0.1, 0.15) is 13.3 Å². The van der Waals surface area contributed by atoms with Crippen LogP contribution in [0.1, 0.15) is 19.8 Å². The third-order valence-electron chi connectivity index (χ3n) is 3.42. The first-order valence-corrected chi connectivity index (χ1v) is 7.23. The maximum Gasteiger partial charge on any atom is 0.411 e. The number of nitrogens with zero attached hydrogens (tertiary/aromatic N) is 3. The molecule has 0 aromatic rings. The number of piperidine rings is 1. The Morgan fingerprint density at radius 2 is 1.86 bits per heavy atom. The topological polar surface area (TPSA) is 62.3 Å². The van der Waals surface area contributed by atoms with Crippen molar-refractivity contribution in [3.05, 3.63) is 0 Å². The van der Waals surface area contributed by atoms with Gasteiger partial charge in [0, 0.05) is 20.6 Å². The van der Waals surface area contributed by atoms with Crippen molar-refractivity contribution in [3.63, 3.8) is 0 Å². The molecular formula is C14H27N3O4. The Labute approximate surface area is 126 Å². The molecular weight excluding hydrogens is 274 g/mol. The van der Waals surface area contributed by atoms with Crippen molar-refractivity contribution >= 4 is 12.2 Å². The molecule has 7 nitrogen and oxygen atoms in total. The summed E-state index contributed by atoms with van der Waals surface area (Å²) in [7, 11) is 6.94. The smallest absolute Gasteiger partial charge is 0.411 e. The lowest BCUT2D eigenvalue weighted by Crippen LogP contribution is -2.49. The first kappa shape index (κ1) is 17.6. The van der Waals surface area contributed by atoms with Gasteiger partial charge in [0.15, 0.2) is 0 Å². The van der Waals surface area contributed by atoms with Crippen molar-refractivity contribution in [3.8, 4) is 0 Å². The molecule has 1 heterocycles. The van der Waals surface area contributed by atoms with Crippen LogP contribution >= 0.6 is 0 Å². The van der Waals surface area contributed by atoms with E-state index in [4.69, 9.17) is 9.47 Å². The minimum absolute atomic E-state index is 0.118. The van der Waals surface area contributed by atoms with Crippen LogP contribution in [0.3, 0.4) is 0 Å². The molecule has 0 spiro atoms. The maximum atomic E-state index is 12.1. The molecule has 2 unspecified atom stereocenters. The van der Waals surface area contributed by atoms with Crippen molar-refractivity contribution < 1.29 is 19.1 Å². The number of rotatable bonds is 4. The summed E-state index contributed by atoms with van der Waals surface area (Å²) < 4.78 is 10.4. The van der Waals surface area contributed by atoms with Gasteiger partial charge in [0.05, 0.1) is 6.04 Å². The van der Waals surface area contributed by atoms with Gasteiger partial charge in [-0.15, -0.1) is 0 Å². The predicted octanol–water partition coefficient (Wildman–Crippen LogP) is 1.44. The summed E-state index contributed by atoms with van der Waals surface area (Å²) in [6.07, 6.45) is 1.02. The molecule has 0 bridgehead atoms. The van der Waals surface area contributed by atoms with Crippen LogP contribution in [0.4, 0.5) is 9.59 Å². The summed E-state index contributed by atoms with van der Waals surface area (Å²) >= 11 is 0. The van der Waals surface area contributed by atoms with Crippen LogP contribution in [0.2, 0.25) is 0 Å².